The molecule has 3 rings (SSSR count). The zero-order chi connectivity index (χ0) is 19.4. The monoisotopic (exact) mass is 385 g/mol. The fourth-order valence-electron chi connectivity index (χ4n) is 2.62. The van der Waals surface area contributed by atoms with E-state index in [4.69, 9.17) is 0 Å². The summed E-state index contributed by atoms with van der Waals surface area (Å²) in [5, 5.41) is 3.26. The van der Waals surface area contributed by atoms with Crippen LogP contribution in [0.1, 0.15) is 25.5 Å². The van der Waals surface area contributed by atoms with Gasteiger partial charge in [-0.3, -0.25) is 4.98 Å². The Hall–Kier alpha value is -2.80. The van der Waals surface area contributed by atoms with E-state index in [1.807, 2.05) is 19.1 Å². The summed E-state index contributed by atoms with van der Waals surface area (Å²) in [6, 6.07) is 11.5. The number of anilines is 1. The second kappa shape index (κ2) is 7.84. The highest BCUT2D eigenvalue weighted by Crippen LogP contribution is 2.24. The maximum Gasteiger partial charge on any atom is 0.179 e. The van der Waals surface area contributed by atoms with E-state index in [-0.39, 0.29) is 22.5 Å². The molecule has 0 saturated carbocycles. The first-order valence-electron chi connectivity index (χ1n) is 8.55. The van der Waals surface area contributed by atoms with Crippen LogP contribution in [0.15, 0.2) is 66.0 Å². The van der Waals surface area contributed by atoms with Gasteiger partial charge in [0.1, 0.15) is 11.6 Å². The van der Waals surface area contributed by atoms with Crippen molar-refractivity contribution < 1.29 is 12.8 Å². The van der Waals surface area contributed by atoms with E-state index in [2.05, 4.69) is 15.3 Å². The van der Waals surface area contributed by atoms with Crippen molar-refractivity contribution >= 4 is 15.7 Å². The SMILES string of the molecule is CCS(=O)(=O)c1cncc(-c2ccc(NC(C)c3ccc(F)cc3)nc2)c1. The predicted molar refractivity (Wildman–Crippen MR) is 104 cm³/mol. The molecule has 0 fully saturated rings. The van der Waals surface area contributed by atoms with Gasteiger partial charge in [-0.1, -0.05) is 19.1 Å². The van der Waals surface area contributed by atoms with Crippen molar-refractivity contribution in [2.45, 2.75) is 24.8 Å². The largest absolute Gasteiger partial charge is 0.364 e. The molecule has 0 saturated heterocycles. The number of pyridine rings is 2. The fraction of sp³-hybridized carbons (Fsp3) is 0.200. The predicted octanol–water partition coefficient (Wildman–Crippen LogP) is 4.25. The average molecular weight is 385 g/mol. The highest BCUT2D eigenvalue weighted by Gasteiger charge is 2.13. The summed E-state index contributed by atoms with van der Waals surface area (Å²) in [6.07, 6.45) is 4.63. The summed E-state index contributed by atoms with van der Waals surface area (Å²) in [4.78, 5) is 8.63. The van der Waals surface area contributed by atoms with Crippen LogP contribution in [0.25, 0.3) is 11.1 Å². The molecule has 0 bridgehead atoms. The molecule has 1 N–H and O–H groups in total. The van der Waals surface area contributed by atoms with Gasteiger partial charge in [0.05, 0.1) is 10.6 Å². The molecular weight excluding hydrogens is 365 g/mol. The molecule has 1 unspecified atom stereocenters. The highest BCUT2D eigenvalue weighted by atomic mass is 32.2. The first-order chi connectivity index (χ1) is 12.9. The summed E-state index contributed by atoms with van der Waals surface area (Å²) >= 11 is 0. The van der Waals surface area contributed by atoms with Crippen LogP contribution >= 0.6 is 0 Å². The quantitative estimate of drug-likeness (QED) is 0.687. The van der Waals surface area contributed by atoms with Gasteiger partial charge in [-0.2, -0.15) is 0 Å². The van der Waals surface area contributed by atoms with Crippen LogP contribution in [0.2, 0.25) is 0 Å². The lowest BCUT2D eigenvalue weighted by Gasteiger charge is -2.15. The normalized spacial score (nSPS) is 12.6. The summed E-state index contributed by atoms with van der Waals surface area (Å²) in [5.41, 5.74) is 2.41. The Morgan fingerprint density at radius 3 is 2.41 bits per heavy atom. The third kappa shape index (κ3) is 4.49. The second-order valence-corrected chi connectivity index (χ2v) is 8.44. The van der Waals surface area contributed by atoms with E-state index < -0.39 is 9.84 Å². The zero-order valence-corrected chi connectivity index (χ0v) is 15.9. The Morgan fingerprint density at radius 2 is 1.78 bits per heavy atom. The third-order valence-electron chi connectivity index (χ3n) is 4.28. The van der Waals surface area contributed by atoms with Crippen LogP contribution < -0.4 is 5.32 Å². The van der Waals surface area contributed by atoms with E-state index in [1.54, 1.807) is 37.5 Å². The molecule has 0 aliphatic heterocycles. The number of nitrogens with one attached hydrogen (secondary N) is 1. The van der Waals surface area contributed by atoms with Crippen LogP contribution in [-0.4, -0.2) is 24.1 Å². The van der Waals surface area contributed by atoms with Gasteiger partial charge in [0, 0.05) is 35.8 Å². The lowest BCUT2D eigenvalue weighted by molar-refractivity contribution is 0.597. The number of rotatable bonds is 6. The van der Waals surface area contributed by atoms with E-state index in [0.717, 1.165) is 11.1 Å². The first-order valence-corrected chi connectivity index (χ1v) is 10.2. The Kier molecular flexibility index (Phi) is 5.51. The molecule has 1 aromatic carbocycles. The minimum atomic E-state index is -3.31. The van der Waals surface area contributed by atoms with Crippen molar-refractivity contribution in [3.05, 3.63) is 72.4 Å². The van der Waals surface area contributed by atoms with Crippen molar-refractivity contribution in [3.63, 3.8) is 0 Å². The Bertz CT molecular complexity index is 1020. The summed E-state index contributed by atoms with van der Waals surface area (Å²) in [6.45, 7) is 3.57. The maximum atomic E-state index is 13.0. The van der Waals surface area contributed by atoms with E-state index in [9.17, 15) is 12.8 Å². The fourth-order valence-corrected chi connectivity index (χ4v) is 3.48. The van der Waals surface area contributed by atoms with Crippen LogP contribution in [0.4, 0.5) is 10.2 Å². The van der Waals surface area contributed by atoms with E-state index >= 15 is 0 Å². The smallest absolute Gasteiger partial charge is 0.179 e. The number of aromatic nitrogens is 2. The van der Waals surface area contributed by atoms with Gasteiger partial charge >= 0.3 is 0 Å². The number of hydrogen-bond acceptors (Lipinski definition) is 5. The molecule has 0 aliphatic carbocycles. The van der Waals surface area contributed by atoms with E-state index in [1.165, 1.54) is 18.3 Å². The Balaban J connectivity index is 1.77. The van der Waals surface area contributed by atoms with Crippen LogP contribution in [0.3, 0.4) is 0 Å². The van der Waals surface area contributed by atoms with Crippen molar-refractivity contribution in [2.24, 2.45) is 0 Å². The number of hydrogen-bond donors (Lipinski definition) is 1. The average Bonchev–Trinajstić information content (AvgIpc) is 2.69. The maximum absolute atomic E-state index is 13.0. The van der Waals surface area contributed by atoms with Gasteiger partial charge in [-0.25, -0.2) is 17.8 Å². The number of benzene rings is 1. The lowest BCUT2D eigenvalue weighted by atomic mass is 10.1. The molecule has 0 radical (unpaired) electrons. The molecule has 27 heavy (non-hydrogen) atoms. The van der Waals surface area contributed by atoms with Crippen molar-refractivity contribution in [3.8, 4) is 11.1 Å². The standard InChI is InChI=1S/C20H20FN3O2S/c1-3-27(25,26)19-10-17(11-22-13-19)16-6-9-20(23-12-16)24-14(2)15-4-7-18(21)8-5-15/h4-14H,3H2,1-2H3,(H,23,24). The molecule has 140 valence electrons. The Morgan fingerprint density at radius 1 is 1.04 bits per heavy atom. The molecule has 5 nitrogen and oxygen atoms in total. The number of halogens is 1. The van der Waals surface area contributed by atoms with Gasteiger partial charge in [0.2, 0.25) is 0 Å². The summed E-state index contributed by atoms with van der Waals surface area (Å²) < 4.78 is 37.1. The number of sulfone groups is 1. The minimum absolute atomic E-state index is 0.0283. The van der Waals surface area contributed by atoms with Crippen molar-refractivity contribution in [1.29, 1.82) is 0 Å². The van der Waals surface area contributed by atoms with Crippen LogP contribution in [0.5, 0.6) is 0 Å². The van der Waals surface area contributed by atoms with Crippen LogP contribution in [-0.2, 0) is 9.84 Å². The Labute approximate surface area is 158 Å². The van der Waals surface area contributed by atoms with Gasteiger partial charge in [0.15, 0.2) is 9.84 Å². The van der Waals surface area contributed by atoms with Crippen LogP contribution in [0, 0.1) is 5.82 Å². The van der Waals surface area contributed by atoms with Crippen molar-refractivity contribution in [2.75, 3.05) is 11.1 Å². The molecule has 7 heteroatoms. The molecular formula is C20H20FN3O2S. The summed E-state index contributed by atoms with van der Waals surface area (Å²) in [7, 11) is -3.31. The number of nitrogens with zero attached hydrogens (tertiary/aromatic N) is 2. The first kappa shape index (κ1) is 19.0. The molecule has 0 aliphatic rings. The van der Waals surface area contributed by atoms with Gasteiger partial charge < -0.3 is 5.32 Å². The third-order valence-corrected chi connectivity index (χ3v) is 5.99. The molecule has 0 amide bonds. The molecule has 2 aromatic heterocycles. The van der Waals surface area contributed by atoms with E-state index in [0.29, 0.717) is 11.4 Å². The molecule has 2 heterocycles. The second-order valence-electron chi connectivity index (χ2n) is 6.16. The van der Waals surface area contributed by atoms with Crippen molar-refractivity contribution in [1.82, 2.24) is 9.97 Å². The minimum Gasteiger partial charge on any atom is -0.364 e. The van der Waals surface area contributed by atoms with Gasteiger partial charge in [-0.05, 0) is 42.8 Å². The summed E-state index contributed by atoms with van der Waals surface area (Å²) in [5.74, 6) is 0.427. The zero-order valence-electron chi connectivity index (χ0n) is 15.1. The topological polar surface area (TPSA) is 72.0 Å². The van der Waals surface area contributed by atoms with Gasteiger partial charge in [-0.15, -0.1) is 0 Å². The lowest BCUT2D eigenvalue weighted by Crippen LogP contribution is -2.07. The highest BCUT2D eigenvalue weighted by molar-refractivity contribution is 7.91. The molecule has 3 aromatic rings. The molecule has 1 atom stereocenters. The molecule has 0 spiro atoms. The van der Waals surface area contributed by atoms with Gasteiger partial charge in [0.25, 0.3) is 0 Å².